The number of pyridine rings is 1. The SMILES string of the molecule is CCc1noc(C2(O)CCN(C(=O)c3cnccc3N(C)C)C2)n1. The molecule has 0 spiro atoms. The van der Waals surface area contributed by atoms with Gasteiger partial charge in [-0.05, 0) is 6.07 Å². The highest BCUT2D eigenvalue weighted by Crippen LogP contribution is 2.32. The van der Waals surface area contributed by atoms with Crippen molar-refractivity contribution < 1.29 is 14.4 Å². The van der Waals surface area contributed by atoms with Crippen LogP contribution in [0.25, 0.3) is 0 Å². The maximum Gasteiger partial charge on any atom is 0.260 e. The molecule has 3 rings (SSSR count). The van der Waals surface area contributed by atoms with Gasteiger partial charge in [-0.1, -0.05) is 12.1 Å². The van der Waals surface area contributed by atoms with Gasteiger partial charge in [-0.25, -0.2) is 0 Å². The molecule has 2 aromatic heterocycles. The summed E-state index contributed by atoms with van der Waals surface area (Å²) in [6, 6.07) is 1.79. The summed E-state index contributed by atoms with van der Waals surface area (Å²) in [5.74, 6) is 0.553. The number of nitrogens with zero attached hydrogens (tertiary/aromatic N) is 5. The largest absolute Gasteiger partial charge is 0.378 e. The lowest BCUT2D eigenvalue weighted by Crippen LogP contribution is -2.35. The molecule has 8 heteroatoms. The lowest BCUT2D eigenvalue weighted by Gasteiger charge is -2.22. The lowest BCUT2D eigenvalue weighted by atomic mass is 10.0. The highest BCUT2D eigenvalue weighted by atomic mass is 16.5. The van der Waals surface area contributed by atoms with Crippen LogP contribution >= 0.6 is 0 Å². The molecule has 1 saturated heterocycles. The molecule has 0 bridgehead atoms. The number of likely N-dealkylation sites (tertiary alicyclic amines) is 1. The highest BCUT2D eigenvalue weighted by molar-refractivity contribution is 5.99. The minimum absolute atomic E-state index is 0.124. The molecular weight excluding hydrogens is 310 g/mol. The van der Waals surface area contributed by atoms with E-state index in [1.54, 1.807) is 23.4 Å². The van der Waals surface area contributed by atoms with Crippen molar-refractivity contribution >= 4 is 11.6 Å². The summed E-state index contributed by atoms with van der Waals surface area (Å²) in [6.45, 7) is 2.45. The van der Waals surface area contributed by atoms with Gasteiger partial charge >= 0.3 is 0 Å². The van der Waals surface area contributed by atoms with E-state index >= 15 is 0 Å². The average Bonchev–Trinajstić information content (AvgIpc) is 3.22. The van der Waals surface area contributed by atoms with Gasteiger partial charge in [0.2, 0.25) is 0 Å². The molecule has 1 aliphatic rings. The summed E-state index contributed by atoms with van der Waals surface area (Å²) in [5, 5.41) is 14.6. The van der Waals surface area contributed by atoms with E-state index in [1.807, 2.05) is 25.9 Å². The summed E-state index contributed by atoms with van der Waals surface area (Å²) in [7, 11) is 3.74. The van der Waals surface area contributed by atoms with Crippen molar-refractivity contribution in [2.75, 3.05) is 32.1 Å². The Labute approximate surface area is 140 Å². The van der Waals surface area contributed by atoms with Crippen LogP contribution in [0.1, 0.15) is 35.4 Å². The Balaban J connectivity index is 1.81. The lowest BCUT2D eigenvalue weighted by molar-refractivity contribution is 0.0136. The van der Waals surface area contributed by atoms with E-state index in [-0.39, 0.29) is 18.3 Å². The molecule has 1 amide bonds. The van der Waals surface area contributed by atoms with Gasteiger partial charge in [0.25, 0.3) is 11.8 Å². The van der Waals surface area contributed by atoms with Crippen LogP contribution in [0.15, 0.2) is 23.0 Å². The zero-order valence-electron chi connectivity index (χ0n) is 14.1. The number of hydrogen-bond acceptors (Lipinski definition) is 7. The van der Waals surface area contributed by atoms with Crippen LogP contribution in [0, 0.1) is 0 Å². The Hall–Kier alpha value is -2.48. The van der Waals surface area contributed by atoms with Crippen LogP contribution in [0.3, 0.4) is 0 Å². The molecule has 128 valence electrons. The molecular formula is C16H21N5O3. The molecule has 0 radical (unpaired) electrons. The first kappa shape index (κ1) is 16.4. The van der Waals surface area contributed by atoms with Crippen LogP contribution in [0.2, 0.25) is 0 Å². The van der Waals surface area contributed by atoms with Crippen LogP contribution in [0.4, 0.5) is 5.69 Å². The second-order valence-corrected chi connectivity index (χ2v) is 6.16. The minimum atomic E-state index is -1.30. The number of aryl methyl sites for hydroxylation is 1. The second kappa shape index (κ2) is 6.20. The van der Waals surface area contributed by atoms with Crippen LogP contribution < -0.4 is 4.90 Å². The van der Waals surface area contributed by atoms with Crippen molar-refractivity contribution in [2.45, 2.75) is 25.4 Å². The number of aromatic nitrogens is 3. The van der Waals surface area contributed by atoms with Crippen molar-refractivity contribution in [2.24, 2.45) is 0 Å². The van der Waals surface area contributed by atoms with Crippen molar-refractivity contribution in [3.8, 4) is 0 Å². The molecule has 2 aromatic rings. The molecule has 3 heterocycles. The molecule has 1 aliphatic heterocycles. The first-order valence-electron chi connectivity index (χ1n) is 7.90. The molecule has 24 heavy (non-hydrogen) atoms. The Bertz CT molecular complexity index is 745. The smallest absolute Gasteiger partial charge is 0.260 e. The number of carbonyl (C=O) groups is 1. The van der Waals surface area contributed by atoms with Crippen LogP contribution in [0.5, 0.6) is 0 Å². The van der Waals surface area contributed by atoms with E-state index in [9.17, 15) is 9.90 Å². The van der Waals surface area contributed by atoms with Gasteiger partial charge in [0.1, 0.15) is 0 Å². The zero-order valence-corrected chi connectivity index (χ0v) is 14.1. The third-order valence-electron chi connectivity index (χ3n) is 4.23. The van der Waals surface area contributed by atoms with E-state index in [1.165, 1.54) is 0 Å². The summed E-state index contributed by atoms with van der Waals surface area (Å²) in [4.78, 5) is 24.6. The number of amides is 1. The Morgan fingerprint density at radius 2 is 2.29 bits per heavy atom. The molecule has 0 aromatic carbocycles. The van der Waals surface area contributed by atoms with Gasteiger partial charge in [-0.3, -0.25) is 9.78 Å². The first-order valence-corrected chi connectivity index (χ1v) is 7.90. The average molecular weight is 331 g/mol. The van der Waals surface area contributed by atoms with Crippen molar-refractivity contribution in [1.29, 1.82) is 0 Å². The Morgan fingerprint density at radius 1 is 1.50 bits per heavy atom. The van der Waals surface area contributed by atoms with Crippen molar-refractivity contribution in [3.63, 3.8) is 0 Å². The van der Waals surface area contributed by atoms with Gasteiger partial charge in [-0.2, -0.15) is 4.98 Å². The predicted molar refractivity (Wildman–Crippen MR) is 86.7 cm³/mol. The number of β-amino-alcohol motifs (C(OH)–C–C–N with tert-alkyl or cyclic N) is 1. The molecule has 1 unspecified atom stereocenters. The first-order chi connectivity index (χ1) is 11.4. The fourth-order valence-electron chi connectivity index (χ4n) is 2.84. The quantitative estimate of drug-likeness (QED) is 0.886. The van der Waals surface area contributed by atoms with Gasteiger partial charge in [-0.15, -0.1) is 0 Å². The number of anilines is 1. The van der Waals surface area contributed by atoms with E-state index in [0.717, 1.165) is 5.69 Å². The summed E-state index contributed by atoms with van der Waals surface area (Å²) in [6.07, 6.45) is 4.19. The third-order valence-corrected chi connectivity index (χ3v) is 4.23. The fourth-order valence-corrected chi connectivity index (χ4v) is 2.84. The number of rotatable bonds is 4. The summed E-state index contributed by atoms with van der Waals surface area (Å²) in [5.41, 5.74) is -0.000603. The molecule has 8 nitrogen and oxygen atoms in total. The van der Waals surface area contributed by atoms with E-state index in [0.29, 0.717) is 30.8 Å². The van der Waals surface area contributed by atoms with E-state index in [4.69, 9.17) is 4.52 Å². The predicted octanol–water partition coefficient (Wildman–Crippen LogP) is 0.827. The topological polar surface area (TPSA) is 95.6 Å². The molecule has 1 fully saturated rings. The Morgan fingerprint density at radius 3 is 2.96 bits per heavy atom. The summed E-state index contributed by atoms with van der Waals surface area (Å²) >= 11 is 0. The number of hydrogen-bond donors (Lipinski definition) is 1. The number of carbonyl (C=O) groups excluding carboxylic acids is 1. The fraction of sp³-hybridized carbons (Fsp3) is 0.500. The van der Waals surface area contributed by atoms with E-state index in [2.05, 4.69) is 15.1 Å². The van der Waals surface area contributed by atoms with Gasteiger partial charge < -0.3 is 19.4 Å². The van der Waals surface area contributed by atoms with Gasteiger partial charge in [0, 0.05) is 45.9 Å². The van der Waals surface area contributed by atoms with Crippen LogP contribution in [-0.4, -0.2) is 58.2 Å². The third kappa shape index (κ3) is 2.84. The molecule has 1 N–H and O–H groups in total. The van der Waals surface area contributed by atoms with Crippen molar-refractivity contribution in [1.82, 2.24) is 20.0 Å². The second-order valence-electron chi connectivity index (χ2n) is 6.16. The number of aliphatic hydroxyl groups is 1. The monoisotopic (exact) mass is 331 g/mol. The van der Waals surface area contributed by atoms with Crippen LogP contribution in [-0.2, 0) is 12.0 Å². The van der Waals surface area contributed by atoms with Gasteiger partial charge in [0.05, 0.1) is 17.8 Å². The maximum atomic E-state index is 12.8. The highest BCUT2D eigenvalue weighted by Gasteiger charge is 2.44. The maximum absolute atomic E-state index is 12.8. The normalized spacial score (nSPS) is 20.4. The molecule has 1 atom stereocenters. The van der Waals surface area contributed by atoms with Crippen molar-refractivity contribution in [3.05, 3.63) is 35.7 Å². The molecule has 0 saturated carbocycles. The Kier molecular flexibility index (Phi) is 4.23. The van der Waals surface area contributed by atoms with Gasteiger partial charge in [0.15, 0.2) is 11.4 Å². The standard InChI is InChI=1S/C16H21N5O3/c1-4-13-18-15(24-19-13)16(23)6-8-21(10-16)14(22)11-9-17-7-5-12(11)20(2)3/h5,7,9,23H,4,6,8,10H2,1-3H3. The zero-order chi connectivity index (χ0) is 17.3. The van der Waals surface area contributed by atoms with E-state index < -0.39 is 5.60 Å². The molecule has 0 aliphatic carbocycles. The minimum Gasteiger partial charge on any atom is -0.378 e. The summed E-state index contributed by atoms with van der Waals surface area (Å²) < 4.78 is 5.17.